The lowest BCUT2D eigenvalue weighted by Crippen LogP contribution is -2.00. The molecule has 0 amide bonds. The van der Waals surface area contributed by atoms with Gasteiger partial charge < -0.3 is 14.9 Å². The summed E-state index contributed by atoms with van der Waals surface area (Å²) in [5.41, 5.74) is 2.95. The Morgan fingerprint density at radius 2 is 1.70 bits per heavy atom. The first kappa shape index (κ1) is 14.2. The lowest BCUT2D eigenvalue weighted by atomic mass is 10.1. The third-order valence-corrected chi connectivity index (χ3v) is 2.91. The molecule has 3 heteroatoms. The Balaban J connectivity index is 1.79. The highest BCUT2D eigenvalue weighted by Gasteiger charge is 2.03. The van der Waals surface area contributed by atoms with E-state index in [1.807, 2.05) is 30.3 Å². The fourth-order valence-electron chi connectivity index (χ4n) is 1.91. The zero-order valence-corrected chi connectivity index (χ0v) is 11.2. The maximum absolute atomic E-state index is 9.43. The van der Waals surface area contributed by atoms with Crippen LogP contribution in [-0.2, 0) is 17.8 Å². The van der Waals surface area contributed by atoms with E-state index in [0.29, 0.717) is 19.6 Å². The molecule has 0 aliphatic heterocycles. The Kier molecular flexibility index (Phi) is 4.80. The monoisotopic (exact) mass is 270 g/mol. The van der Waals surface area contributed by atoms with Crippen molar-refractivity contribution in [3.05, 3.63) is 71.8 Å². The fraction of sp³-hybridized carbons (Fsp3) is 0.176. The van der Waals surface area contributed by atoms with Crippen LogP contribution in [0.15, 0.2) is 60.7 Å². The molecule has 2 rings (SSSR count). The normalized spacial score (nSPS) is 10.4. The average molecular weight is 270 g/mol. The van der Waals surface area contributed by atoms with Gasteiger partial charge in [-0.15, -0.1) is 0 Å². The quantitative estimate of drug-likeness (QED) is 0.624. The third-order valence-electron chi connectivity index (χ3n) is 2.91. The van der Waals surface area contributed by atoms with Gasteiger partial charge in [0.1, 0.15) is 0 Å². The zero-order chi connectivity index (χ0) is 14.4. The maximum atomic E-state index is 9.43. The van der Waals surface area contributed by atoms with Crippen LogP contribution in [0.3, 0.4) is 0 Å². The van der Waals surface area contributed by atoms with Crippen molar-refractivity contribution in [2.45, 2.75) is 13.0 Å². The molecule has 20 heavy (non-hydrogen) atoms. The van der Waals surface area contributed by atoms with Crippen molar-refractivity contribution < 1.29 is 14.9 Å². The van der Waals surface area contributed by atoms with Crippen LogP contribution >= 0.6 is 0 Å². The van der Waals surface area contributed by atoms with Crippen molar-refractivity contribution in [1.29, 1.82) is 0 Å². The standard InChI is InChI=1S/C17H18O3/c1-13(9-15-7-8-16(18)17(19)10-15)11-20-12-14-5-3-2-4-6-14/h2-8,10,18-19H,1,9,11-12H2. The smallest absolute Gasteiger partial charge is 0.157 e. The van der Waals surface area contributed by atoms with Gasteiger partial charge in [0.2, 0.25) is 0 Å². The van der Waals surface area contributed by atoms with E-state index < -0.39 is 0 Å². The second kappa shape index (κ2) is 6.78. The van der Waals surface area contributed by atoms with Crippen LogP contribution in [0.5, 0.6) is 11.5 Å². The molecule has 0 saturated heterocycles. The van der Waals surface area contributed by atoms with Crippen LogP contribution in [0.2, 0.25) is 0 Å². The Labute approximate surface area is 118 Å². The van der Waals surface area contributed by atoms with Gasteiger partial charge in [-0.25, -0.2) is 0 Å². The van der Waals surface area contributed by atoms with Gasteiger partial charge in [-0.05, 0) is 35.3 Å². The lowest BCUT2D eigenvalue weighted by Gasteiger charge is -2.08. The van der Waals surface area contributed by atoms with E-state index in [4.69, 9.17) is 4.74 Å². The number of hydrogen-bond acceptors (Lipinski definition) is 3. The van der Waals surface area contributed by atoms with Crippen LogP contribution in [0.1, 0.15) is 11.1 Å². The molecule has 104 valence electrons. The Hall–Kier alpha value is -2.26. The van der Waals surface area contributed by atoms with E-state index in [1.54, 1.807) is 6.07 Å². The summed E-state index contributed by atoms with van der Waals surface area (Å²) in [4.78, 5) is 0. The van der Waals surface area contributed by atoms with Crippen molar-refractivity contribution in [3.8, 4) is 11.5 Å². The minimum Gasteiger partial charge on any atom is -0.504 e. The molecule has 0 atom stereocenters. The van der Waals surface area contributed by atoms with E-state index in [-0.39, 0.29) is 11.5 Å². The zero-order valence-electron chi connectivity index (χ0n) is 11.2. The van der Waals surface area contributed by atoms with Gasteiger partial charge in [0.15, 0.2) is 11.5 Å². The molecule has 2 N–H and O–H groups in total. The third kappa shape index (κ3) is 4.14. The predicted molar refractivity (Wildman–Crippen MR) is 78.7 cm³/mol. The van der Waals surface area contributed by atoms with E-state index >= 15 is 0 Å². The Morgan fingerprint density at radius 3 is 2.40 bits per heavy atom. The second-order valence-corrected chi connectivity index (χ2v) is 4.73. The highest BCUT2D eigenvalue weighted by Crippen LogP contribution is 2.25. The molecule has 0 aliphatic rings. The second-order valence-electron chi connectivity index (χ2n) is 4.73. The molecule has 0 spiro atoms. The molecule has 0 heterocycles. The minimum atomic E-state index is -0.111. The summed E-state index contributed by atoms with van der Waals surface area (Å²) in [6.07, 6.45) is 0.614. The van der Waals surface area contributed by atoms with Gasteiger partial charge in [0.05, 0.1) is 13.2 Å². The molecule has 2 aromatic carbocycles. The number of phenols is 2. The molecule has 0 unspecified atom stereocenters. The lowest BCUT2D eigenvalue weighted by molar-refractivity contribution is 0.141. The molecular weight excluding hydrogens is 252 g/mol. The molecular formula is C17H18O3. The van der Waals surface area contributed by atoms with Crippen molar-refractivity contribution in [3.63, 3.8) is 0 Å². The Bertz CT molecular complexity index is 576. The number of ether oxygens (including phenoxy) is 1. The summed E-state index contributed by atoms with van der Waals surface area (Å²) in [5.74, 6) is -0.222. The predicted octanol–water partition coefficient (Wildman–Crippen LogP) is 3.41. The number of rotatable bonds is 6. The van der Waals surface area contributed by atoms with Crippen LogP contribution in [0.4, 0.5) is 0 Å². The summed E-state index contributed by atoms with van der Waals surface area (Å²) in [6.45, 7) is 4.99. The first-order chi connectivity index (χ1) is 9.65. The molecule has 0 aliphatic carbocycles. The highest BCUT2D eigenvalue weighted by atomic mass is 16.5. The van der Waals surface area contributed by atoms with E-state index in [2.05, 4.69) is 6.58 Å². The van der Waals surface area contributed by atoms with Gasteiger partial charge in [-0.1, -0.05) is 43.0 Å². The van der Waals surface area contributed by atoms with Crippen LogP contribution in [0.25, 0.3) is 0 Å². The fourth-order valence-corrected chi connectivity index (χ4v) is 1.91. The summed E-state index contributed by atoms with van der Waals surface area (Å²) < 4.78 is 5.60. The van der Waals surface area contributed by atoms with E-state index in [9.17, 15) is 10.2 Å². The number of hydrogen-bond donors (Lipinski definition) is 2. The Morgan fingerprint density at radius 1 is 0.950 bits per heavy atom. The number of aromatic hydroxyl groups is 2. The molecule has 0 fully saturated rings. The average Bonchev–Trinajstić information content (AvgIpc) is 2.44. The van der Waals surface area contributed by atoms with Gasteiger partial charge in [-0.2, -0.15) is 0 Å². The topological polar surface area (TPSA) is 49.7 Å². The van der Waals surface area contributed by atoms with Crippen LogP contribution in [-0.4, -0.2) is 16.8 Å². The first-order valence-corrected chi connectivity index (χ1v) is 6.44. The summed E-state index contributed by atoms with van der Waals surface area (Å²) in [7, 11) is 0. The summed E-state index contributed by atoms with van der Waals surface area (Å²) >= 11 is 0. The SMILES string of the molecule is C=C(COCc1ccccc1)Cc1ccc(O)c(O)c1. The largest absolute Gasteiger partial charge is 0.504 e. The van der Waals surface area contributed by atoms with Crippen molar-refractivity contribution in [2.24, 2.45) is 0 Å². The van der Waals surface area contributed by atoms with Crippen LogP contribution in [0, 0.1) is 0 Å². The molecule has 0 saturated carbocycles. The molecule has 2 aromatic rings. The van der Waals surface area contributed by atoms with Gasteiger partial charge in [0, 0.05) is 0 Å². The number of phenolic OH excluding ortho intramolecular Hbond substituents is 2. The van der Waals surface area contributed by atoms with Gasteiger partial charge in [0.25, 0.3) is 0 Å². The van der Waals surface area contributed by atoms with Crippen molar-refractivity contribution in [1.82, 2.24) is 0 Å². The first-order valence-electron chi connectivity index (χ1n) is 6.44. The van der Waals surface area contributed by atoms with E-state index in [1.165, 1.54) is 12.1 Å². The van der Waals surface area contributed by atoms with Gasteiger partial charge >= 0.3 is 0 Å². The summed E-state index contributed by atoms with van der Waals surface area (Å²) in [6, 6.07) is 14.7. The minimum absolute atomic E-state index is 0.111. The molecule has 0 bridgehead atoms. The molecule has 0 radical (unpaired) electrons. The maximum Gasteiger partial charge on any atom is 0.157 e. The van der Waals surface area contributed by atoms with Crippen LogP contribution < -0.4 is 0 Å². The summed E-state index contributed by atoms with van der Waals surface area (Å²) in [5, 5.41) is 18.7. The van der Waals surface area contributed by atoms with E-state index in [0.717, 1.165) is 16.7 Å². The highest BCUT2D eigenvalue weighted by molar-refractivity contribution is 5.41. The molecule has 3 nitrogen and oxygen atoms in total. The van der Waals surface area contributed by atoms with Crippen molar-refractivity contribution in [2.75, 3.05) is 6.61 Å². The number of benzene rings is 2. The molecule has 0 aromatic heterocycles. The van der Waals surface area contributed by atoms with Crippen molar-refractivity contribution >= 4 is 0 Å². The van der Waals surface area contributed by atoms with Gasteiger partial charge in [-0.3, -0.25) is 0 Å².